The maximum absolute atomic E-state index is 13.1. The Morgan fingerprint density at radius 3 is 2.58 bits per heavy atom. The molecule has 0 radical (unpaired) electrons. The van der Waals surface area contributed by atoms with Gasteiger partial charge in [-0.25, -0.2) is 4.98 Å². The van der Waals surface area contributed by atoms with Crippen LogP contribution in [0, 0.1) is 0 Å². The van der Waals surface area contributed by atoms with Crippen LogP contribution in [0.3, 0.4) is 0 Å². The molecule has 4 heteroatoms. The number of nitrogens with zero attached hydrogens (tertiary/aromatic N) is 2. The minimum atomic E-state index is -0.0772. The fourth-order valence-corrected chi connectivity index (χ4v) is 3.42. The van der Waals surface area contributed by atoms with Gasteiger partial charge in [0, 0.05) is 12.0 Å². The van der Waals surface area contributed by atoms with Gasteiger partial charge in [0.2, 0.25) is 0 Å². The van der Waals surface area contributed by atoms with Gasteiger partial charge in [0.1, 0.15) is 11.6 Å². The van der Waals surface area contributed by atoms with Gasteiger partial charge in [-0.2, -0.15) is 0 Å². The zero-order chi connectivity index (χ0) is 18.3. The van der Waals surface area contributed by atoms with Crippen molar-refractivity contribution < 1.29 is 5.11 Å². The molecule has 0 aliphatic heterocycles. The van der Waals surface area contributed by atoms with Gasteiger partial charge in [0.15, 0.2) is 0 Å². The van der Waals surface area contributed by atoms with Crippen LogP contribution in [-0.2, 0) is 6.54 Å². The van der Waals surface area contributed by atoms with Crippen LogP contribution in [0.25, 0.3) is 21.7 Å². The molecule has 1 heterocycles. The summed E-state index contributed by atoms with van der Waals surface area (Å²) in [5, 5.41) is 12.5. The van der Waals surface area contributed by atoms with Crippen LogP contribution < -0.4 is 5.56 Å². The molecule has 0 unspecified atom stereocenters. The predicted octanol–water partition coefficient (Wildman–Crippen LogP) is 4.43. The number of hydrogen-bond donors (Lipinski definition) is 1. The van der Waals surface area contributed by atoms with Crippen molar-refractivity contribution in [2.24, 2.45) is 0 Å². The van der Waals surface area contributed by atoms with Crippen LogP contribution in [0.4, 0.5) is 0 Å². The van der Waals surface area contributed by atoms with E-state index in [0.29, 0.717) is 17.4 Å². The van der Waals surface area contributed by atoms with E-state index in [4.69, 9.17) is 0 Å². The number of phenolic OH excluding ortho intramolecular Hbond substituents is 1. The first kappa shape index (κ1) is 16.3. The van der Waals surface area contributed by atoms with E-state index < -0.39 is 0 Å². The maximum atomic E-state index is 13.1. The van der Waals surface area contributed by atoms with Crippen LogP contribution in [0.5, 0.6) is 5.75 Å². The predicted molar refractivity (Wildman–Crippen MR) is 105 cm³/mol. The standard InChI is InChI=1S/C22H20N2O2/c1-14(2)21-23-20-12-17(25)10-11-19(20)22(26)24(21)13-16-8-5-7-15-6-3-4-9-18(15)16/h3-12,14,25H,13H2,1-2H3. The zero-order valence-corrected chi connectivity index (χ0v) is 14.8. The molecule has 0 bridgehead atoms. The van der Waals surface area contributed by atoms with Crippen molar-refractivity contribution in [1.82, 2.24) is 9.55 Å². The van der Waals surface area contributed by atoms with E-state index in [1.807, 2.05) is 32.0 Å². The summed E-state index contributed by atoms with van der Waals surface area (Å²) in [6.45, 7) is 4.52. The molecule has 0 atom stereocenters. The first-order valence-electron chi connectivity index (χ1n) is 8.74. The summed E-state index contributed by atoms with van der Waals surface area (Å²) in [5.41, 5.74) is 1.55. The topological polar surface area (TPSA) is 55.1 Å². The van der Waals surface area contributed by atoms with Crippen LogP contribution in [0.1, 0.15) is 31.2 Å². The lowest BCUT2D eigenvalue weighted by Gasteiger charge is -2.17. The normalized spacial score (nSPS) is 11.5. The van der Waals surface area contributed by atoms with Crippen molar-refractivity contribution in [2.75, 3.05) is 0 Å². The molecule has 4 nitrogen and oxygen atoms in total. The molecule has 1 N–H and O–H groups in total. The molecule has 130 valence electrons. The molecule has 1 aromatic heterocycles. The quantitative estimate of drug-likeness (QED) is 0.598. The SMILES string of the molecule is CC(C)c1nc2cc(O)ccc2c(=O)n1Cc1cccc2ccccc12. The summed E-state index contributed by atoms with van der Waals surface area (Å²) in [7, 11) is 0. The minimum absolute atomic E-state index is 0.0772. The Hall–Kier alpha value is -3.14. The van der Waals surface area contributed by atoms with Gasteiger partial charge in [-0.15, -0.1) is 0 Å². The molecule has 4 rings (SSSR count). The van der Waals surface area contributed by atoms with E-state index in [1.165, 1.54) is 6.07 Å². The second kappa shape index (κ2) is 6.30. The molecule has 0 fully saturated rings. The molecular weight excluding hydrogens is 324 g/mol. The molecule has 26 heavy (non-hydrogen) atoms. The van der Waals surface area contributed by atoms with Crippen molar-refractivity contribution in [3.8, 4) is 5.75 Å². The van der Waals surface area contributed by atoms with Crippen LogP contribution >= 0.6 is 0 Å². The van der Waals surface area contributed by atoms with Crippen molar-refractivity contribution >= 4 is 21.7 Å². The average molecular weight is 344 g/mol. The van der Waals surface area contributed by atoms with E-state index in [2.05, 4.69) is 29.2 Å². The molecule has 0 amide bonds. The molecule has 0 saturated carbocycles. The third-order valence-electron chi connectivity index (χ3n) is 4.69. The summed E-state index contributed by atoms with van der Waals surface area (Å²) in [6, 6.07) is 19.1. The number of rotatable bonds is 3. The highest BCUT2D eigenvalue weighted by Crippen LogP contribution is 2.23. The lowest BCUT2D eigenvalue weighted by atomic mass is 10.0. The molecule has 4 aromatic rings. The van der Waals surface area contributed by atoms with Crippen molar-refractivity contribution in [3.05, 3.63) is 82.4 Å². The number of hydrogen-bond acceptors (Lipinski definition) is 3. The minimum Gasteiger partial charge on any atom is -0.508 e. The van der Waals surface area contributed by atoms with Crippen LogP contribution in [0.2, 0.25) is 0 Å². The maximum Gasteiger partial charge on any atom is 0.261 e. The Kier molecular flexibility index (Phi) is 3.96. The van der Waals surface area contributed by atoms with E-state index in [9.17, 15) is 9.90 Å². The van der Waals surface area contributed by atoms with E-state index >= 15 is 0 Å². The van der Waals surface area contributed by atoms with E-state index in [0.717, 1.165) is 22.2 Å². The first-order chi connectivity index (χ1) is 12.5. The monoisotopic (exact) mass is 344 g/mol. The van der Waals surface area contributed by atoms with Gasteiger partial charge >= 0.3 is 0 Å². The van der Waals surface area contributed by atoms with Gasteiger partial charge in [-0.1, -0.05) is 56.3 Å². The highest BCUT2D eigenvalue weighted by molar-refractivity contribution is 5.85. The van der Waals surface area contributed by atoms with Gasteiger partial charge in [0.25, 0.3) is 5.56 Å². The number of benzene rings is 3. The summed E-state index contributed by atoms with van der Waals surface area (Å²) in [6.07, 6.45) is 0. The summed E-state index contributed by atoms with van der Waals surface area (Å²) in [5.74, 6) is 0.927. The summed E-state index contributed by atoms with van der Waals surface area (Å²) in [4.78, 5) is 17.8. The van der Waals surface area contributed by atoms with Gasteiger partial charge in [-0.05, 0) is 28.5 Å². The summed E-state index contributed by atoms with van der Waals surface area (Å²) >= 11 is 0. The van der Waals surface area contributed by atoms with Crippen molar-refractivity contribution in [3.63, 3.8) is 0 Å². The second-order valence-electron chi connectivity index (χ2n) is 6.86. The molecule has 0 saturated heterocycles. The van der Waals surface area contributed by atoms with E-state index in [1.54, 1.807) is 16.7 Å². The highest BCUT2D eigenvalue weighted by Gasteiger charge is 2.15. The Morgan fingerprint density at radius 2 is 1.77 bits per heavy atom. The van der Waals surface area contributed by atoms with E-state index in [-0.39, 0.29) is 17.2 Å². The first-order valence-corrected chi connectivity index (χ1v) is 8.74. The third kappa shape index (κ3) is 2.73. The fourth-order valence-electron chi connectivity index (χ4n) is 3.42. The largest absolute Gasteiger partial charge is 0.508 e. The van der Waals surface area contributed by atoms with Crippen molar-refractivity contribution in [2.45, 2.75) is 26.3 Å². The molecule has 0 spiro atoms. The number of aromatic nitrogens is 2. The Labute approximate surface area is 151 Å². The Morgan fingerprint density at radius 1 is 1.00 bits per heavy atom. The second-order valence-corrected chi connectivity index (χ2v) is 6.86. The van der Waals surface area contributed by atoms with Gasteiger partial charge in [-0.3, -0.25) is 9.36 Å². The Balaban J connectivity index is 1.95. The summed E-state index contributed by atoms with van der Waals surface area (Å²) < 4.78 is 1.76. The molecule has 0 aliphatic carbocycles. The lowest BCUT2D eigenvalue weighted by Crippen LogP contribution is -2.26. The molecule has 3 aromatic carbocycles. The van der Waals surface area contributed by atoms with Crippen LogP contribution in [0.15, 0.2) is 65.5 Å². The fraction of sp³-hybridized carbons (Fsp3) is 0.182. The van der Waals surface area contributed by atoms with Crippen molar-refractivity contribution in [1.29, 1.82) is 0 Å². The zero-order valence-electron chi connectivity index (χ0n) is 14.8. The lowest BCUT2D eigenvalue weighted by molar-refractivity contribution is 0.476. The van der Waals surface area contributed by atoms with Gasteiger partial charge < -0.3 is 5.11 Å². The number of aromatic hydroxyl groups is 1. The number of phenols is 1. The smallest absolute Gasteiger partial charge is 0.261 e. The molecule has 0 aliphatic rings. The van der Waals surface area contributed by atoms with Gasteiger partial charge in [0.05, 0.1) is 17.4 Å². The van der Waals surface area contributed by atoms with Crippen LogP contribution in [-0.4, -0.2) is 14.7 Å². The third-order valence-corrected chi connectivity index (χ3v) is 4.69. The highest BCUT2D eigenvalue weighted by atomic mass is 16.3. The average Bonchev–Trinajstić information content (AvgIpc) is 2.63. The molecular formula is C22H20N2O2. The Bertz CT molecular complexity index is 1170. The number of fused-ring (bicyclic) bond motifs is 2.